The second-order valence-corrected chi connectivity index (χ2v) is 4.05. The van der Waals surface area contributed by atoms with E-state index in [1.54, 1.807) is 0 Å². The van der Waals surface area contributed by atoms with Gasteiger partial charge < -0.3 is 14.6 Å². The van der Waals surface area contributed by atoms with Crippen LogP contribution in [0.3, 0.4) is 0 Å². The summed E-state index contributed by atoms with van der Waals surface area (Å²) in [5.41, 5.74) is 1.11. The highest BCUT2D eigenvalue weighted by Gasteiger charge is 2.36. The number of aliphatic hydroxyl groups excluding tert-OH is 1. The van der Waals surface area contributed by atoms with Gasteiger partial charge in [-0.15, -0.1) is 6.42 Å². The largest absolute Gasteiger partial charge is 0.394 e. The van der Waals surface area contributed by atoms with E-state index in [4.69, 9.17) is 15.9 Å². The number of terminal acetylenes is 1. The molecule has 3 atom stereocenters. The minimum absolute atomic E-state index is 0.0175. The predicted octanol–water partition coefficient (Wildman–Crippen LogP) is 1.53. The fourth-order valence-corrected chi connectivity index (χ4v) is 2.09. The molecule has 1 aliphatic rings. The van der Waals surface area contributed by atoms with Gasteiger partial charge in [-0.05, 0) is 5.56 Å². The van der Waals surface area contributed by atoms with Gasteiger partial charge in [-0.3, -0.25) is 0 Å². The van der Waals surface area contributed by atoms with Crippen molar-refractivity contribution < 1.29 is 14.6 Å². The van der Waals surface area contributed by atoms with Gasteiger partial charge in [0.05, 0.1) is 18.8 Å². The van der Waals surface area contributed by atoms with Crippen molar-refractivity contribution in [2.75, 3.05) is 13.2 Å². The average molecular weight is 232 g/mol. The lowest BCUT2D eigenvalue weighted by atomic mass is 10.0. The van der Waals surface area contributed by atoms with Crippen molar-refractivity contribution >= 4 is 0 Å². The standard InChI is InChI=1S/C14H16O3/c1-2-8-16-13-9-12(17-14(13)10-15)11-6-4-3-5-7-11/h1,3-7,12-15H,8-10H2/t12-,13?,14-/m1/s1. The number of aliphatic hydroxyl groups is 1. The summed E-state index contributed by atoms with van der Waals surface area (Å²) in [6, 6.07) is 9.95. The van der Waals surface area contributed by atoms with Gasteiger partial charge in [-0.25, -0.2) is 0 Å². The highest BCUT2D eigenvalue weighted by Crippen LogP contribution is 2.34. The highest BCUT2D eigenvalue weighted by atomic mass is 16.6. The smallest absolute Gasteiger partial charge is 0.108 e. The van der Waals surface area contributed by atoms with Gasteiger partial charge in [0.1, 0.15) is 12.7 Å². The number of rotatable bonds is 4. The van der Waals surface area contributed by atoms with E-state index >= 15 is 0 Å². The quantitative estimate of drug-likeness (QED) is 0.800. The molecule has 1 aromatic carbocycles. The van der Waals surface area contributed by atoms with E-state index < -0.39 is 0 Å². The van der Waals surface area contributed by atoms with Crippen molar-refractivity contribution in [3.63, 3.8) is 0 Å². The Bertz CT molecular complexity index is 382. The summed E-state index contributed by atoms with van der Waals surface area (Å²) in [6.07, 6.45) is 5.47. The molecular weight excluding hydrogens is 216 g/mol. The highest BCUT2D eigenvalue weighted by molar-refractivity contribution is 5.19. The Morgan fingerprint density at radius 2 is 2.18 bits per heavy atom. The molecule has 0 aromatic heterocycles. The Morgan fingerprint density at radius 3 is 2.82 bits per heavy atom. The molecule has 90 valence electrons. The van der Waals surface area contributed by atoms with Crippen LogP contribution in [0, 0.1) is 12.3 Å². The average Bonchev–Trinajstić information content (AvgIpc) is 2.80. The van der Waals surface area contributed by atoms with Gasteiger partial charge in [-0.2, -0.15) is 0 Å². The molecular formula is C14H16O3. The zero-order chi connectivity index (χ0) is 12.1. The maximum atomic E-state index is 9.24. The third-order valence-corrected chi connectivity index (χ3v) is 2.93. The molecule has 1 N–H and O–H groups in total. The summed E-state index contributed by atoms with van der Waals surface area (Å²) in [5, 5.41) is 9.24. The lowest BCUT2D eigenvalue weighted by molar-refractivity contribution is -0.0406. The summed E-state index contributed by atoms with van der Waals surface area (Å²) in [7, 11) is 0. The lowest BCUT2D eigenvalue weighted by Crippen LogP contribution is -2.27. The van der Waals surface area contributed by atoms with Gasteiger partial charge in [0.25, 0.3) is 0 Å². The molecule has 1 saturated heterocycles. The topological polar surface area (TPSA) is 38.7 Å². The Morgan fingerprint density at radius 1 is 1.41 bits per heavy atom. The Kier molecular flexibility index (Phi) is 4.16. The van der Waals surface area contributed by atoms with E-state index in [2.05, 4.69) is 5.92 Å². The molecule has 0 saturated carbocycles. The van der Waals surface area contributed by atoms with Crippen LogP contribution >= 0.6 is 0 Å². The first kappa shape index (κ1) is 12.1. The first-order valence-electron chi connectivity index (χ1n) is 5.71. The molecule has 3 heteroatoms. The van der Waals surface area contributed by atoms with Gasteiger partial charge in [0.2, 0.25) is 0 Å². The Labute approximate surface area is 101 Å². The molecule has 1 aromatic rings. The first-order valence-corrected chi connectivity index (χ1v) is 5.71. The van der Waals surface area contributed by atoms with Crippen LogP contribution in [-0.2, 0) is 9.47 Å². The van der Waals surface area contributed by atoms with Crippen molar-refractivity contribution in [2.24, 2.45) is 0 Å². The van der Waals surface area contributed by atoms with E-state index in [0.29, 0.717) is 0 Å². The fourth-order valence-electron chi connectivity index (χ4n) is 2.09. The van der Waals surface area contributed by atoms with Crippen molar-refractivity contribution in [3.05, 3.63) is 35.9 Å². The Hall–Kier alpha value is -1.34. The predicted molar refractivity (Wildman–Crippen MR) is 64.3 cm³/mol. The van der Waals surface area contributed by atoms with Crippen molar-refractivity contribution in [2.45, 2.75) is 24.7 Å². The molecule has 1 heterocycles. The van der Waals surface area contributed by atoms with Crippen LogP contribution in [0.4, 0.5) is 0 Å². The zero-order valence-corrected chi connectivity index (χ0v) is 9.58. The summed E-state index contributed by atoms with van der Waals surface area (Å²) in [4.78, 5) is 0. The van der Waals surface area contributed by atoms with E-state index in [-0.39, 0.29) is 31.5 Å². The van der Waals surface area contributed by atoms with Gasteiger partial charge in [-0.1, -0.05) is 36.3 Å². The van der Waals surface area contributed by atoms with Gasteiger partial charge in [0, 0.05) is 6.42 Å². The summed E-state index contributed by atoms with van der Waals surface area (Å²) < 4.78 is 11.2. The van der Waals surface area contributed by atoms with E-state index in [1.807, 2.05) is 30.3 Å². The molecule has 1 aliphatic heterocycles. The van der Waals surface area contributed by atoms with Gasteiger partial charge in [0.15, 0.2) is 0 Å². The molecule has 17 heavy (non-hydrogen) atoms. The minimum Gasteiger partial charge on any atom is -0.394 e. The Balaban J connectivity index is 2.02. The fraction of sp³-hybridized carbons (Fsp3) is 0.429. The molecule has 1 unspecified atom stereocenters. The summed E-state index contributed by atoms with van der Waals surface area (Å²) in [5.74, 6) is 2.43. The van der Waals surface area contributed by atoms with Crippen LogP contribution < -0.4 is 0 Å². The van der Waals surface area contributed by atoms with E-state index in [9.17, 15) is 5.11 Å². The van der Waals surface area contributed by atoms with Crippen LogP contribution in [0.25, 0.3) is 0 Å². The third-order valence-electron chi connectivity index (χ3n) is 2.93. The SMILES string of the molecule is C#CCOC1C[C@H](c2ccccc2)O[C@@H]1CO. The normalized spacial score (nSPS) is 27.9. The van der Waals surface area contributed by atoms with E-state index in [0.717, 1.165) is 12.0 Å². The number of hydrogen-bond acceptors (Lipinski definition) is 3. The van der Waals surface area contributed by atoms with Crippen LogP contribution in [0.1, 0.15) is 18.1 Å². The minimum atomic E-state index is -0.284. The van der Waals surface area contributed by atoms with Crippen LogP contribution in [-0.4, -0.2) is 30.5 Å². The monoisotopic (exact) mass is 232 g/mol. The summed E-state index contributed by atoms with van der Waals surface area (Å²) >= 11 is 0. The van der Waals surface area contributed by atoms with Crippen LogP contribution in [0.2, 0.25) is 0 Å². The van der Waals surface area contributed by atoms with E-state index in [1.165, 1.54) is 0 Å². The second kappa shape index (κ2) is 5.83. The lowest BCUT2D eigenvalue weighted by Gasteiger charge is -2.14. The van der Waals surface area contributed by atoms with Crippen molar-refractivity contribution in [1.82, 2.24) is 0 Å². The molecule has 0 radical (unpaired) electrons. The molecule has 0 aliphatic carbocycles. The molecule has 0 bridgehead atoms. The van der Waals surface area contributed by atoms with Crippen LogP contribution in [0.15, 0.2) is 30.3 Å². The summed E-state index contributed by atoms with van der Waals surface area (Å²) in [6.45, 7) is 0.213. The second-order valence-electron chi connectivity index (χ2n) is 4.05. The third kappa shape index (κ3) is 2.86. The molecule has 1 fully saturated rings. The van der Waals surface area contributed by atoms with Gasteiger partial charge >= 0.3 is 0 Å². The maximum Gasteiger partial charge on any atom is 0.108 e. The molecule has 0 amide bonds. The molecule has 3 nitrogen and oxygen atoms in total. The van der Waals surface area contributed by atoms with Crippen molar-refractivity contribution in [3.8, 4) is 12.3 Å². The maximum absolute atomic E-state index is 9.24. The van der Waals surface area contributed by atoms with Crippen LogP contribution in [0.5, 0.6) is 0 Å². The molecule has 2 rings (SSSR count). The zero-order valence-electron chi connectivity index (χ0n) is 9.58. The number of benzene rings is 1. The van der Waals surface area contributed by atoms with Crippen molar-refractivity contribution in [1.29, 1.82) is 0 Å². The first-order chi connectivity index (χ1) is 8.35. The molecule has 0 spiro atoms. The number of ether oxygens (including phenoxy) is 2. The number of hydrogen-bond donors (Lipinski definition) is 1.